The molecule has 4 aliphatic rings. The number of aliphatic hydroxyl groups is 2. The fraction of sp³-hybridized carbons (Fsp3) is 0.179. The van der Waals surface area contributed by atoms with Crippen LogP contribution < -0.4 is 47.9 Å². The average molecular weight is 554 g/mol. The first-order valence-corrected chi connectivity index (χ1v) is 12.2. The zero-order valence-corrected chi connectivity index (χ0v) is 21.1. The van der Waals surface area contributed by atoms with Crippen LogP contribution in [-0.2, 0) is 11.8 Å². The van der Waals surface area contributed by atoms with Crippen LogP contribution in [0.25, 0.3) is 22.3 Å². The molecule has 204 valence electrons. The summed E-state index contributed by atoms with van der Waals surface area (Å²) in [5.41, 5.74) is -3.91. The van der Waals surface area contributed by atoms with Gasteiger partial charge in [-0.25, -0.2) is 0 Å². The minimum atomic E-state index is -1.98. The number of phenolic OH excluding ortho intramolecular Hbond substituents is 1. The van der Waals surface area contributed by atoms with E-state index in [1.807, 2.05) is 6.07 Å². The molecule has 1 heterocycles. The summed E-state index contributed by atoms with van der Waals surface area (Å²) < 4.78 is 4.88. The minimum Gasteiger partial charge on any atom is -0.510 e. The Morgan fingerprint density at radius 3 is 2.37 bits per heavy atom. The molecule has 0 saturated carbocycles. The van der Waals surface area contributed by atoms with Crippen LogP contribution in [0.1, 0.15) is 23.2 Å². The molecule has 2 aromatic rings. The molecule has 1 spiro atoms. The number of fused-ring (bicyclic) bond motifs is 4. The number of nitrogens with one attached hydrogen (secondary N) is 2. The summed E-state index contributed by atoms with van der Waals surface area (Å²) in [7, 11) is 1.11. The van der Waals surface area contributed by atoms with Crippen LogP contribution in [0.5, 0.6) is 11.5 Å². The number of aryl methyl sites for hydroxylation is 1. The standard InChI is InChI=1S/C28H18N4O9/c1-41-14-8-13(33)16-17(21(14)34)23(36)19-18(22(16)35)25(38)28(26(19)39)3-2-10-6-11-7-12(9-31-30-5-4-29)32-27(40)15(11)24(37)20(10)28/h6-9,30,37-39H,2-3,5H2,1H3,(H,32,40). The van der Waals surface area contributed by atoms with E-state index in [1.165, 1.54) is 12.3 Å². The van der Waals surface area contributed by atoms with Crippen LogP contribution in [0.4, 0.5) is 0 Å². The monoisotopic (exact) mass is 554 g/mol. The number of aromatic hydroxyl groups is 1. The second kappa shape index (κ2) is 8.62. The topological polar surface area (TPSA) is 219 Å². The van der Waals surface area contributed by atoms with E-state index < -0.39 is 76.6 Å². The number of hydrogen-bond donors (Lipinski definition) is 5. The van der Waals surface area contributed by atoms with Gasteiger partial charge in [0.1, 0.15) is 29.2 Å². The highest BCUT2D eigenvalue weighted by Gasteiger charge is 2.53. The molecule has 0 aliphatic heterocycles. The number of nitriles is 1. The highest BCUT2D eigenvalue weighted by molar-refractivity contribution is 5.96. The van der Waals surface area contributed by atoms with Crippen LogP contribution in [-0.4, -0.2) is 40.2 Å². The number of methoxy groups -OCH3 is 1. The number of benzene rings is 1. The zero-order chi connectivity index (χ0) is 29.4. The van der Waals surface area contributed by atoms with Gasteiger partial charge in [0.05, 0.1) is 51.3 Å². The highest BCUT2D eigenvalue weighted by atomic mass is 16.5. The Kier molecular flexibility index (Phi) is 5.36. The van der Waals surface area contributed by atoms with Gasteiger partial charge in [-0.3, -0.25) is 29.4 Å². The van der Waals surface area contributed by atoms with E-state index in [9.17, 15) is 39.3 Å². The van der Waals surface area contributed by atoms with E-state index in [0.717, 1.165) is 13.2 Å². The molecule has 13 nitrogen and oxygen atoms in total. The predicted octanol–water partition coefficient (Wildman–Crippen LogP) is -2.04. The van der Waals surface area contributed by atoms with Crippen molar-refractivity contribution < 1.29 is 20.1 Å². The Balaban J connectivity index is 1.69. The maximum Gasteiger partial charge on any atom is 0.260 e. The smallest absolute Gasteiger partial charge is 0.260 e. The molecule has 0 bridgehead atoms. The largest absolute Gasteiger partial charge is 0.510 e. The molecule has 0 radical (unpaired) electrons. The summed E-state index contributed by atoms with van der Waals surface area (Å²) in [6.45, 7) is -0.0570. The van der Waals surface area contributed by atoms with Crippen LogP contribution in [0.15, 0.2) is 47.3 Å². The van der Waals surface area contributed by atoms with Gasteiger partial charge in [-0.1, -0.05) is 6.07 Å². The summed E-state index contributed by atoms with van der Waals surface area (Å²) >= 11 is 0. The summed E-state index contributed by atoms with van der Waals surface area (Å²) in [6, 6.07) is 5.71. The van der Waals surface area contributed by atoms with Gasteiger partial charge >= 0.3 is 0 Å². The number of aromatic amines is 1. The first-order valence-electron chi connectivity index (χ1n) is 12.2. The Morgan fingerprint density at radius 2 is 1.71 bits per heavy atom. The Bertz CT molecular complexity index is 2420. The van der Waals surface area contributed by atoms with Crippen molar-refractivity contribution in [3.8, 4) is 17.6 Å². The highest BCUT2D eigenvalue weighted by Crippen LogP contribution is 2.54. The van der Waals surface area contributed by atoms with Crippen molar-refractivity contribution >= 4 is 28.5 Å². The van der Waals surface area contributed by atoms with E-state index in [2.05, 4.69) is 15.5 Å². The van der Waals surface area contributed by atoms with Crippen molar-refractivity contribution in [2.24, 2.45) is 5.10 Å². The average Bonchev–Trinajstić information content (AvgIpc) is 3.43. The van der Waals surface area contributed by atoms with Crippen molar-refractivity contribution in [3.63, 3.8) is 0 Å². The van der Waals surface area contributed by atoms with Crippen molar-refractivity contribution in [1.29, 1.82) is 5.26 Å². The molecule has 13 heteroatoms. The van der Waals surface area contributed by atoms with Gasteiger partial charge in [0.25, 0.3) is 5.56 Å². The van der Waals surface area contributed by atoms with E-state index in [0.29, 0.717) is 10.9 Å². The van der Waals surface area contributed by atoms with Gasteiger partial charge < -0.3 is 25.0 Å². The lowest BCUT2D eigenvalue weighted by Crippen LogP contribution is -2.51. The van der Waals surface area contributed by atoms with Crippen LogP contribution in [0.3, 0.4) is 0 Å². The molecule has 41 heavy (non-hydrogen) atoms. The van der Waals surface area contributed by atoms with E-state index in [4.69, 9.17) is 10.00 Å². The van der Waals surface area contributed by atoms with Gasteiger partial charge in [0.2, 0.25) is 16.3 Å². The number of pyridine rings is 1. The fourth-order valence-electron chi connectivity index (χ4n) is 6.03. The molecule has 1 unspecified atom stereocenters. The number of phenols is 1. The molecule has 1 atom stereocenters. The number of hydrogen-bond acceptors (Lipinski definition) is 12. The predicted molar refractivity (Wildman–Crippen MR) is 145 cm³/mol. The number of ether oxygens (including phenoxy) is 1. The minimum absolute atomic E-state index is 0.0570. The molecular weight excluding hydrogens is 536 g/mol. The number of aliphatic hydroxyl groups excluding tert-OH is 2. The Hall–Kier alpha value is -5.77. The maximum absolute atomic E-state index is 13.5. The Labute approximate surface area is 226 Å². The molecular formula is C28H18N4O9. The van der Waals surface area contributed by atoms with Gasteiger partial charge in [0, 0.05) is 11.6 Å². The van der Waals surface area contributed by atoms with Crippen molar-refractivity contribution in [2.75, 3.05) is 13.7 Å². The number of nitrogens with zero attached hydrogens (tertiary/aromatic N) is 2. The second-order valence-corrected chi connectivity index (χ2v) is 9.70. The Morgan fingerprint density at radius 1 is 1.02 bits per heavy atom. The lowest BCUT2D eigenvalue weighted by atomic mass is 9.78. The lowest BCUT2D eigenvalue weighted by molar-refractivity contribution is 0.362. The van der Waals surface area contributed by atoms with Crippen molar-refractivity contribution in [1.82, 2.24) is 10.4 Å². The number of H-pyrrole nitrogens is 1. The quantitative estimate of drug-likeness (QED) is 0.0801. The van der Waals surface area contributed by atoms with E-state index >= 15 is 0 Å². The molecule has 5 N–H and O–H groups in total. The summed E-state index contributed by atoms with van der Waals surface area (Å²) in [5.74, 6) is -2.60. The first-order chi connectivity index (χ1) is 19.6. The summed E-state index contributed by atoms with van der Waals surface area (Å²) in [4.78, 5) is 68.2. The van der Waals surface area contributed by atoms with Crippen LogP contribution in [0.2, 0.25) is 0 Å². The second-order valence-electron chi connectivity index (χ2n) is 9.70. The van der Waals surface area contributed by atoms with Crippen LogP contribution >= 0.6 is 0 Å². The van der Waals surface area contributed by atoms with E-state index in [-0.39, 0.29) is 36.0 Å². The van der Waals surface area contributed by atoms with Gasteiger partial charge in [-0.05, 0) is 29.9 Å². The number of aromatic nitrogens is 1. The molecule has 0 amide bonds. The third-order valence-electron chi connectivity index (χ3n) is 7.73. The summed E-state index contributed by atoms with van der Waals surface area (Å²) in [6.07, 6.45) is 1.32. The molecule has 4 aliphatic carbocycles. The molecule has 0 saturated heterocycles. The SMILES string of the molecule is COc1cc(=O)c2c(=O)c3c(c(=O)c=2c1=O)=C(O)C1(CCc2cc4cc(C=NNCC#N)[nH]c(=O)c4c(O)c21)C=3O. The molecule has 0 fully saturated rings. The number of rotatable bonds is 4. The van der Waals surface area contributed by atoms with Gasteiger partial charge in [-0.2, -0.15) is 10.4 Å². The zero-order valence-electron chi connectivity index (χ0n) is 21.1. The van der Waals surface area contributed by atoms with E-state index in [1.54, 1.807) is 6.07 Å². The molecule has 6 rings (SSSR count). The molecule has 1 aromatic heterocycles. The van der Waals surface area contributed by atoms with Gasteiger partial charge in [0.15, 0.2) is 11.2 Å². The summed E-state index contributed by atoms with van der Waals surface area (Å²) in [5, 5.41) is 44.1. The molecule has 1 aromatic carbocycles. The lowest BCUT2D eigenvalue weighted by Gasteiger charge is -2.27. The van der Waals surface area contributed by atoms with Gasteiger partial charge in [-0.15, -0.1) is 0 Å². The fourth-order valence-corrected chi connectivity index (χ4v) is 6.03. The van der Waals surface area contributed by atoms with Crippen LogP contribution in [0, 0.1) is 21.8 Å². The van der Waals surface area contributed by atoms with Crippen molar-refractivity contribution in [2.45, 2.75) is 18.3 Å². The third kappa shape index (κ3) is 3.15. The number of hydrazone groups is 1. The maximum atomic E-state index is 13.5. The third-order valence-corrected chi connectivity index (χ3v) is 7.73. The van der Waals surface area contributed by atoms with Crippen molar-refractivity contribution in [3.05, 3.63) is 107 Å². The first kappa shape index (κ1) is 25.5. The normalized spacial score (nSPS) is 17.5.